The number of methoxy groups -OCH3 is 3. The first kappa shape index (κ1) is 20.1. The second-order valence-electron chi connectivity index (χ2n) is 7.85. The minimum absolute atomic E-state index is 0.0339. The summed E-state index contributed by atoms with van der Waals surface area (Å²) in [6.07, 6.45) is 2.56. The first-order chi connectivity index (χ1) is 15.6. The van der Waals surface area contributed by atoms with Crippen molar-refractivity contribution >= 4 is 11.7 Å². The Morgan fingerprint density at radius 3 is 2.34 bits per heavy atom. The fourth-order valence-electron chi connectivity index (χ4n) is 4.67. The Kier molecular flexibility index (Phi) is 5.05. The number of benzene rings is 2. The van der Waals surface area contributed by atoms with E-state index in [1.54, 1.807) is 26.0 Å². The summed E-state index contributed by atoms with van der Waals surface area (Å²) in [5.74, 6) is 2.38. The van der Waals surface area contributed by atoms with E-state index in [2.05, 4.69) is 15.4 Å². The highest BCUT2D eigenvalue weighted by Crippen LogP contribution is 2.46. The van der Waals surface area contributed by atoms with Crippen LogP contribution in [0.5, 0.6) is 17.2 Å². The average molecular weight is 432 g/mol. The van der Waals surface area contributed by atoms with Crippen LogP contribution < -0.4 is 19.5 Å². The van der Waals surface area contributed by atoms with Crippen LogP contribution in [0.15, 0.2) is 60.1 Å². The molecule has 1 aliphatic carbocycles. The van der Waals surface area contributed by atoms with Crippen molar-refractivity contribution in [3.8, 4) is 17.2 Å². The summed E-state index contributed by atoms with van der Waals surface area (Å²) in [6.45, 7) is 0. The van der Waals surface area contributed by atoms with Crippen molar-refractivity contribution in [2.75, 3.05) is 26.6 Å². The van der Waals surface area contributed by atoms with E-state index < -0.39 is 0 Å². The molecule has 5 rings (SSSR count). The predicted molar refractivity (Wildman–Crippen MR) is 118 cm³/mol. The van der Waals surface area contributed by atoms with Gasteiger partial charge in [0.15, 0.2) is 17.3 Å². The van der Waals surface area contributed by atoms with Gasteiger partial charge in [-0.1, -0.05) is 30.3 Å². The van der Waals surface area contributed by atoms with Crippen molar-refractivity contribution in [3.63, 3.8) is 0 Å². The number of fused-ring (bicyclic) bond motifs is 1. The molecule has 0 saturated heterocycles. The average Bonchev–Trinajstić information content (AvgIpc) is 3.30. The lowest BCUT2D eigenvalue weighted by molar-refractivity contribution is -0.116. The third-order valence-electron chi connectivity index (χ3n) is 6.14. The molecule has 8 heteroatoms. The fraction of sp³-hybridized carbons (Fsp3) is 0.292. The van der Waals surface area contributed by atoms with Gasteiger partial charge in [-0.05, 0) is 35.6 Å². The molecule has 0 bridgehead atoms. The lowest BCUT2D eigenvalue weighted by Crippen LogP contribution is -2.33. The van der Waals surface area contributed by atoms with Crippen molar-refractivity contribution in [1.29, 1.82) is 0 Å². The number of ketones is 1. The number of allylic oxidation sites excluding steroid dienone is 2. The van der Waals surface area contributed by atoms with Crippen LogP contribution in [-0.4, -0.2) is 41.9 Å². The van der Waals surface area contributed by atoms with E-state index in [1.165, 1.54) is 6.33 Å². The van der Waals surface area contributed by atoms with Crippen molar-refractivity contribution in [1.82, 2.24) is 14.8 Å². The lowest BCUT2D eigenvalue weighted by Gasteiger charge is -2.35. The van der Waals surface area contributed by atoms with Gasteiger partial charge in [0.1, 0.15) is 12.4 Å². The molecule has 1 N–H and O–H groups in total. The van der Waals surface area contributed by atoms with Crippen LogP contribution >= 0.6 is 0 Å². The van der Waals surface area contributed by atoms with Crippen LogP contribution in [0.4, 0.5) is 5.95 Å². The van der Waals surface area contributed by atoms with E-state index in [9.17, 15) is 4.79 Å². The van der Waals surface area contributed by atoms with Gasteiger partial charge >= 0.3 is 0 Å². The Balaban J connectivity index is 1.57. The third kappa shape index (κ3) is 3.19. The number of Topliss-reactive ketones (excluding diaryl/α,β-unsaturated/α-hetero) is 1. The molecule has 0 unspecified atom stereocenters. The van der Waals surface area contributed by atoms with Crippen molar-refractivity contribution in [2.24, 2.45) is 0 Å². The van der Waals surface area contributed by atoms with Crippen LogP contribution in [0.3, 0.4) is 0 Å². The summed E-state index contributed by atoms with van der Waals surface area (Å²) in [4.78, 5) is 17.9. The van der Waals surface area contributed by atoms with Gasteiger partial charge in [0.2, 0.25) is 11.7 Å². The molecular formula is C24H24N4O4. The van der Waals surface area contributed by atoms with Gasteiger partial charge < -0.3 is 19.5 Å². The van der Waals surface area contributed by atoms with Crippen LogP contribution in [0, 0.1) is 0 Å². The van der Waals surface area contributed by atoms with Gasteiger partial charge in [0.05, 0.1) is 21.3 Å². The van der Waals surface area contributed by atoms with E-state index in [-0.39, 0.29) is 17.7 Å². The molecule has 0 radical (unpaired) electrons. The highest BCUT2D eigenvalue weighted by Gasteiger charge is 2.39. The maximum absolute atomic E-state index is 13.5. The molecule has 32 heavy (non-hydrogen) atoms. The zero-order valence-electron chi connectivity index (χ0n) is 18.2. The van der Waals surface area contributed by atoms with Gasteiger partial charge in [0, 0.05) is 17.7 Å². The molecule has 2 heterocycles. The Hall–Kier alpha value is -3.81. The van der Waals surface area contributed by atoms with E-state index in [1.807, 2.05) is 42.5 Å². The number of aromatic nitrogens is 3. The fourth-order valence-corrected chi connectivity index (χ4v) is 4.67. The number of nitrogens with zero attached hydrogens (tertiary/aromatic N) is 3. The van der Waals surface area contributed by atoms with Crippen LogP contribution in [0.25, 0.3) is 0 Å². The van der Waals surface area contributed by atoms with E-state index >= 15 is 0 Å². The Labute approximate surface area is 185 Å². The topological polar surface area (TPSA) is 87.5 Å². The number of anilines is 1. The standard InChI is InChI=1S/C24H24N4O4/c1-30-19-11-16(12-20(31-2)23(19)32-3)15-9-17-21(18(29)10-15)22(14-7-5-4-6-8-14)28-24(27-17)25-13-26-28/h4-8,11-13,15,22H,9-10H2,1-3H3,(H,25,26,27)/t15-,22+/m1/s1. The van der Waals surface area contributed by atoms with Gasteiger partial charge in [-0.2, -0.15) is 10.1 Å². The molecule has 2 aromatic carbocycles. The molecule has 1 aromatic heterocycles. The number of hydrogen-bond acceptors (Lipinski definition) is 7. The second-order valence-corrected chi connectivity index (χ2v) is 7.85. The SMILES string of the molecule is COc1cc([C@H]2CC(=O)C3=C(C2)Nc2ncnn2[C@H]3c2ccccc2)cc(OC)c1OC. The molecule has 2 aliphatic rings. The predicted octanol–water partition coefficient (Wildman–Crippen LogP) is 3.72. The van der Waals surface area contributed by atoms with Gasteiger partial charge in [-0.15, -0.1) is 0 Å². The summed E-state index contributed by atoms with van der Waals surface area (Å²) in [6, 6.07) is 13.5. The summed E-state index contributed by atoms with van der Waals surface area (Å²) >= 11 is 0. The number of carbonyl (C=O) groups excluding carboxylic acids is 1. The molecule has 0 spiro atoms. The summed E-state index contributed by atoms with van der Waals surface area (Å²) < 4.78 is 18.3. The minimum atomic E-state index is -0.293. The van der Waals surface area contributed by atoms with E-state index in [0.717, 1.165) is 22.4 Å². The molecule has 1 aliphatic heterocycles. The summed E-state index contributed by atoms with van der Waals surface area (Å²) in [7, 11) is 4.76. The van der Waals surface area contributed by atoms with Crippen molar-refractivity contribution in [3.05, 3.63) is 71.2 Å². The Bertz CT molecular complexity index is 1180. The number of rotatable bonds is 5. The number of carbonyl (C=O) groups is 1. The highest BCUT2D eigenvalue weighted by molar-refractivity contribution is 6.00. The summed E-state index contributed by atoms with van der Waals surface area (Å²) in [5.41, 5.74) is 3.60. The smallest absolute Gasteiger partial charge is 0.226 e. The van der Waals surface area contributed by atoms with Gasteiger partial charge in [-0.3, -0.25) is 4.79 Å². The molecule has 8 nitrogen and oxygen atoms in total. The van der Waals surface area contributed by atoms with Crippen molar-refractivity contribution < 1.29 is 19.0 Å². The monoisotopic (exact) mass is 432 g/mol. The van der Waals surface area contributed by atoms with E-state index in [4.69, 9.17) is 14.2 Å². The number of hydrogen-bond donors (Lipinski definition) is 1. The zero-order chi connectivity index (χ0) is 22.2. The highest BCUT2D eigenvalue weighted by atomic mass is 16.5. The normalized spacial score (nSPS) is 19.7. The Morgan fingerprint density at radius 2 is 1.69 bits per heavy atom. The molecule has 164 valence electrons. The second kappa shape index (κ2) is 8.03. The summed E-state index contributed by atoms with van der Waals surface area (Å²) in [5, 5.41) is 7.74. The van der Waals surface area contributed by atoms with Crippen LogP contribution in [0.2, 0.25) is 0 Å². The van der Waals surface area contributed by atoms with Gasteiger partial charge in [0.25, 0.3) is 0 Å². The molecule has 0 saturated carbocycles. The number of nitrogens with one attached hydrogen (secondary N) is 1. The number of ether oxygens (including phenoxy) is 3. The van der Waals surface area contributed by atoms with Gasteiger partial charge in [-0.25, -0.2) is 4.68 Å². The largest absolute Gasteiger partial charge is 0.493 e. The first-order valence-electron chi connectivity index (χ1n) is 10.4. The molecule has 2 atom stereocenters. The Morgan fingerprint density at radius 1 is 0.969 bits per heavy atom. The lowest BCUT2D eigenvalue weighted by atomic mass is 9.78. The van der Waals surface area contributed by atoms with Crippen LogP contribution in [0.1, 0.15) is 35.9 Å². The van der Waals surface area contributed by atoms with Crippen LogP contribution in [-0.2, 0) is 4.79 Å². The zero-order valence-corrected chi connectivity index (χ0v) is 18.2. The minimum Gasteiger partial charge on any atom is -0.493 e. The molecule has 3 aromatic rings. The quantitative estimate of drug-likeness (QED) is 0.657. The van der Waals surface area contributed by atoms with Crippen molar-refractivity contribution in [2.45, 2.75) is 24.8 Å². The molecule has 0 fully saturated rings. The van der Waals surface area contributed by atoms with E-state index in [0.29, 0.717) is 36.0 Å². The molecule has 0 amide bonds. The third-order valence-corrected chi connectivity index (χ3v) is 6.14. The molecular weight excluding hydrogens is 408 g/mol. The maximum Gasteiger partial charge on any atom is 0.226 e. The first-order valence-corrected chi connectivity index (χ1v) is 10.4. The maximum atomic E-state index is 13.5.